The number of nitrogens with one attached hydrogen (secondary N) is 2. The van der Waals surface area contributed by atoms with Crippen molar-refractivity contribution in [3.05, 3.63) is 78.4 Å². The summed E-state index contributed by atoms with van der Waals surface area (Å²) in [4.78, 5) is 40.7. The largest absolute Gasteiger partial charge is 0.508 e. The Morgan fingerprint density at radius 1 is 1.12 bits per heavy atom. The molecule has 0 aromatic heterocycles. The maximum atomic E-state index is 13.3. The number of hydrogen-bond acceptors (Lipinski definition) is 5. The first-order valence-electron chi connectivity index (χ1n) is 10.8. The lowest BCUT2D eigenvalue weighted by molar-refractivity contribution is -0.179. The van der Waals surface area contributed by atoms with Crippen LogP contribution >= 0.6 is 0 Å². The van der Waals surface area contributed by atoms with E-state index in [2.05, 4.69) is 17.2 Å². The summed E-state index contributed by atoms with van der Waals surface area (Å²) in [6.07, 6.45) is 1.24. The highest BCUT2D eigenvalue weighted by Gasteiger charge is 2.48. The molecule has 2 aliphatic rings. The van der Waals surface area contributed by atoms with Crippen LogP contribution < -0.4 is 10.6 Å². The van der Waals surface area contributed by atoms with Crippen molar-refractivity contribution in [1.82, 2.24) is 25.6 Å². The van der Waals surface area contributed by atoms with Gasteiger partial charge in [0.15, 0.2) is 0 Å². The Morgan fingerprint density at radius 3 is 2.55 bits per heavy atom. The molecule has 4 rings (SSSR count). The maximum Gasteiger partial charge on any atom is 0.334 e. The highest BCUT2D eigenvalue weighted by molar-refractivity contribution is 5.91. The lowest BCUT2D eigenvalue weighted by Gasteiger charge is -2.52. The number of piperazine rings is 1. The van der Waals surface area contributed by atoms with Crippen molar-refractivity contribution < 1.29 is 19.5 Å². The smallest absolute Gasteiger partial charge is 0.334 e. The lowest BCUT2D eigenvalue weighted by atomic mass is 10.00. The minimum atomic E-state index is -0.768. The summed E-state index contributed by atoms with van der Waals surface area (Å²) in [6.45, 7) is 4.48. The molecular weight excluding hydrogens is 422 g/mol. The van der Waals surface area contributed by atoms with Crippen molar-refractivity contribution in [2.45, 2.75) is 25.2 Å². The van der Waals surface area contributed by atoms with Crippen LogP contribution in [0.5, 0.6) is 5.75 Å². The zero-order valence-corrected chi connectivity index (χ0v) is 18.2. The van der Waals surface area contributed by atoms with E-state index in [1.54, 1.807) is 35.4 Å². The van der Waals surface area contributed by atoms with Gasteiger partial charge in [0, 0.05) is 19.5 Å². The van der Waals surface area contributed by atoms with E-state index in [-0.39, 0.29) is 43.1 Å². The van der Waals surface area contributed by atoms with Crippen LogP contribution in [0.1, 0.15) is 11.1 Å². The number of hydrogen-bond donors (Lipinski definition) is 3. The van der Waals surface area contributed by atoms with E-state index in [1.165, 1.54) is 9.91 Å². The van der Waals surface area contributed by atoms with Crippen molar-refractivity contribution >= 4 is 17.8 Å². The normalized spacial score (nSPS) is 20.7. The fourth-order valence-corrected chi connectivity index (χ4v) is 4.26. The minimum absolute atomic E-state index is 0.0410. The summed E-state index contributed by atoms with van der Waals surface area (Å²) in [5, 5.41) is 18.5. The topological polar surface area (TPSA) is 105 Å². The fraction of sp³-hybridized carbons (Fsp3) is 0.292. The molecule has 2 saturated heterocycles. The number of aromatic hydroxyl groups is 1. The van der Waals surface area contributed by atoms with Crippen LogP contribution in [0.4, 0.5) is 4.79 Å². The summed E-state index contributed by atoms with van der Waals surface area (Å²) >= 11 is 0. The van der Waals surface area contributed by atoms with Gasteiger partial charge in [-0.25, -0.2) is 14.8 Å². The van der Waals surface area contributed by atoms with Crippen LogP contribution in [0.25, 0.3) is 0 Å². The highest BCUT2D eigenvalue weighted by atomic mass is 16.3. The monoisotopic (exact) mass is 449 g/mol. The second-order valence-corrected chi connectivity index (χ2v) is 8.04. The number of phenols is 1. The molecule has 172 valence electrons. The third kappa shape index (κ3) is 4.83. The minimum Gasteiger partial charge on any atom is -0.508 e. The molecule has 0 saturated carbocycles. The second-order valence-electron chi connectivity index (χ2n) is 8.04. The predicted octanol–water partition coefficient (Wildman–Crippen LogP) is 1.22. The van der Waals surface area contributed by atoms with E-state index in [9.17, 15) is 19.5 Å². The summed E-state index contributed by atoms with van der Waals surface area (Å²) in [7, 11) is 0. The Kier molecular flexibility index (Phi) is 6.60. The summed E-state index contributed by atoms with van der Waals surface area (Å²) in [5.74, 6) is -0.373. The van der Waals surface area contributed by atoms with Crippen LogP contribution in [0.2, 0.25) is 0 Å². The van der Waals surface area contributed by atoms with Gasteiger partial charge in [0.1, 0.15) is 18.0 Å². The molecule has 2 aromatic carbocycles. The Hall–Kier alpha value is -3.85. The van der Waals surface area contributed by atoms with Crippen molar-refractivity contribution in [3.63, 3.8) is 0 Å². The molecule has 9 heteroatoms. The third-order valence-corrected chi connectivity index (χ3v) is 5.81. The molecule has 2 atom stereocenters. The van der Waals surface area contributed by atoms with E-state index in [1.807, 2.05) is 30.3 Å². The average molecular weight is 450 g/mol. The Balaban J connectivity index is 1.57. The SMILES string of the molecule is C=CCN1CC(=O)N2C(Cc3ccc(O)cc3)C(=O)NCC2N1C(=O)NCc1ccccc1. The average Bonchev–Trinajstić information content (AvgIpc) is 2.81. The third-order valence-electron chi connectivity index (χ3n) is 5.81. The van der Waals surface area contributed by atoms with Crippen LogP contribution in [-0.2, 0) is 22.6 Å². The summed E-state index contributed by atoms with van der Waals surface area (Å²) in [6, 6.07) is 14.9. The number of carbonyl (C=O) groups is 3. The number of benzene rings is 2. The first-order valence-corrected chi connectivity index (χ1v) is 10.8. The van der Waals surface area contributed by atoms with Crippen molar-refractivity contribution in [2.75, 3.05) is 19.6 Å². The summed E-state index contributed by atoms with van der Waals surface area (Å²) < 4.78 is 0. The Labute approximate surface area is 192 Å². The van der Waals surface area contributed by atoms with Crippen molar-refractivity contribution in [1.29, 1.82) is 0 Å². The molecule has 0 radical (unpaired) electrons. The summed E-state index contributed by atoms with van der Waals surface area (Å²) in [5.41, 5.74) is 1.75. The van der Waals surface area contributed by atoms with Crippen LogP contribution in [0.15, 0.2) is 67.3 Å². The van der Waals surface area contributed by atoms with Gasteiger partial charge < -0.3 is 20.6 Å². The molecule has 33 heavy (non-hydrogen) atoms. The number of phenolic OH excluding ortho intramolecular Hbond substituents is 1. The van der Waals surface area contributed by atoms with Gasteiger partial charge in [0.25, 0.3) is 0 Å². The first kappa shape index (κ1) is 22.3. The first-order chi connectivity index (χ1) is 16.0. The molecule has 2 aliphatic heterocycles. The van der Waals surface area contributed by atoms with E-state index >= 15 is 0 Å². The quantitative estimate of drug-likeness (QED) is 0.575. The highest BCUT2D eigenvalue weighted by Crippen LogP contribution is 2.25. The number of urea groups is 1. The van der Waals surface area contributed by atoms with Crippen molar-refractivity contribution in [2.24, 2.45) is 0 Å². The molecular formula is C24H27N5O4. The van der Waals surface area contributed by atoms with E-state index < -0.39 is 12.2 Å². The van der Waals surface area contributed by atoms with Gasteiger partial charge in [-0.2, -0.15) is 0 Å². The molecule has 3 N–H and O–H groups in total. The van der Waals surface area contributed by atoms with Gasteiger partial charge in [0.2, 0.25) is 11.8 Å². The number of carbonyl (C=O) groups excluding carboxylic acids is 3. The predicted molar refractivity (Wildman–Crippen MR) is 122 cm³/mol. The Morgan fingerprint density at radius 2 is 1.85 bits per heavy atom. The van der Waals surface area contributed by atoms with E-state index in [4.69, 9.17) is 0 Å². The van der Waals surface area contributed by atoms with Crippen LogP contribution in [0.3, 0.4) is 0 Å². The zero-order valence-electron chi connectivity index (χ0n) is 18.2. The molecule has 4 amide bonds. The lowest BCUT2D eigenvalue weighted by Crippen LogP contribution is -2.76. The number of nitrogens with zero attached hydrogens (tertiary/aromatic N) is 3. The van der Waals surface area contributed by atoms with E-state index in [0.29, 0.717) is 13.1 Å². The molecule has 2 unspecified atom stereocenters. The molecule has 0 bridgehead atoms. The maximum absolute atomic E-state index is 13.3. The van der Waals surface area contributed by atoms with Crippen molar-refractivity contribution in [3.8, 4) is 5.75 Å². The van der Waals surface area contributed by atoms with Gasteiger partial charge in [-0.15, -0.1) is 6.58 Å². The second kappa shape index (κ2) is 9.74. The fourth-order valence-electron chi connectivity index (χ4n) is 4.26. The zero-order chi connectivity index (χ0) is 23.4. The van der Waals surface area contributed by atoms with Gasteiger partial charge in [0.05, 0.1) is 13.1 Å². The molecule has 2 aromatic rings. The molecule has 0 spiro atoms. The number of hydrazine groups is 1. The Bertz CT molecular complexity index is 1030. The standard InChI is InChI=1S/C24H27N5O4/c1-2-12-27-16-22(31)28-20(13-17-8-10-19(30)11-9-17)23(32)25-15-21(28)29(27)24(33)26-14-18-6-4-3-5-7-18/h2-11,20-21,30H,1,12-16H2,(H,25,32)(H,26,33). The number of fused-ring (bicyclic) bond motifs is 1. The van der Waals surface area contributed by atoms with Gasteiger partial charge in [-0.3, -0.25) is 9.59 Å². The van der Waals surface area contributed by atoms with E-state index in [0.717, 1.165) is 11.1 Å². The van der Waals surface area contributed by atoms with Crippen LogP contribution in [0, 0.1) is 0 Å². The molecule has 0 aliphatic carbocycles. The molecule has 2 heterocycles. The number of rotatable bonds is 6. The molecule has 9 nitrogen and oxygen atoms in total. The number of amides is 4. The van der Waals surface area contributed by atoms with Gasteiger partial charge in [-0.1, -0.05) is 48.5 Å². The van der Waals surface area contributed by atoms with Gasteiger partial charge in [-0.05, 0) is 23.3 Å². The van der Waals surface area contributed by atoms with Gasteiger partial charge >= 0.3 is 6.03 Å². The molecule has 2 fully saturated rings. The van der Waals surface area contributed by atoms with Crippen LogP contribution in [-0.4, -0.2) is 69.7 Å².